The largest absolute Gasteiger partial charge is 0.351 e. The zero-order valence-electron chi connectivity index (χ0n) is 8.79. The lowest BCUT2D eigenvalue weighted by atomic mass is 10.1. The molecule has 0 atom stereocenters. The van der Waals surface area contributed by atoms with Crippen LogP contribution in [0.2, 0.25) is 0 Å². The highest BCUT2D eigenvalue weighted by Gasteiger charge is 2.17. The first-order chi connectivity index (χ1) is 7.16. The van der Waals surface area contributed by atoms with Crippen molar-refractivity contribution < 1.29 is 4.79 Å². The molecule has 0 aromatic carbocycles. The Morgan fingerprint density at radius 1 is 1.60 bits per heavy atom. The second-order valence-electron chi connectivity index (χ2n) is 3.44. The highest BCUT2D eigenvalue weighted by atomic mass is 35.5. The quantitative estimate of drug-likeness (QED) is 0.640. The molecule has 0 saturated carbocycles. The van der Waals surface area contributed by atoms with Crippen molar-refractivity contribution >= 4 is 29.0 Å². The van der Waals surface area contributed by atoms with Crippen LogP contribution in [0.5, 0.6) is 0 Å². The minimum Gasteiger partial charge on any atom is -0.351 e. The van der Waals surface area contributed by atoms with Gasteiger partial charge in [0.05, 0.1) is 5.69 Å². The Kier molecular flexibility index (Phi) is 4.98. The molecule has 0 fully saturated rings. The van der Waals surface area contributed by atoms with Crippen molar-refractivity contribution in [3.63, 3.8) is 0 Å². The molecular formula is C9H14ClN3OS. The topological polar surface area (TPSA) is 54.9 Å². The van der Waals surface area contributed by atoms with Crippen molar-refractivity contribution in [1.82, 2.24) is 14.9 Å². The van der Waals surface area contributed by atoms with E-state index < -0.39 is 0 Å². The minimum atomic E-state index is -0.0983. The van der Waals surface area contributed by atoms with Crippen molar-refractivity contribution in [3.05, 3.63) is 10.6 Å². The molecule has 0 saturated heterocycles. The summed E-state index contributed by atoms with van der Waals surface area (Å²) in [7, 11) is 0. The first-order valence-electron chi connectivity index (χ1n) is 4.83. The number of carbonyl (C=O) groups excluding carboxylic acids is 1. The molecule has 0 spiro atoms. The van der Waals surface area contributed by atoms with Crippen LogP contribution in [-0.4, -0.2) is 27.9 Å². The Labute approximate surface area is 98.2 Å². The van der Waals surface area contributed by atoms with E-state index in [0.29, 0.717) is 17.3 Å². The number of carbonyl (C=O) groups is 1. The molecule has 1 N–H and O–H groups in total. The van der Waals surface area contributed by atoms with Gasteiger partial charge in [0.25, 0.3) is 5.91 Å². The number of nitrogens with zero attached hydrogens (tertiary/aromatic N) is 2. The lowest BCUT2D eigenvalue weighted by Gasteiger charge is -2.04. The number of nitrogens with one attached hydrogen (secondary N) is 1. The van der Waals surface area contributed by atoms with Gasteiger partial charge in [0, 0.05) is 12.4 Å². The van der Waals surface area contributed by atoms with Crippen LogP contribution in [0.25, 0.3) is 0 Å². The molecule has 0 radical (unpaired) electrons. The van der Waals surface area contributed by atoms with Crippen LogP contribution in [-0.2, 0) is 0 Å². The number of rotatable bonds is 5. The average Bonchev–Trinajstić information content (AvgIpc) is 2.66. The molecule has 1 heterocycles. The summed E-state index contributed by atoms with van der Waals surface area (Å²) < 4.78 is 3.80. The minimum absolute atomic E-state index is 0.0983. The highest BCUT2D eigenvalue weighted by Crippen LogP contribution is 2.19. The third-order valence-electron chi connectivity index (χ3n) is 1.86. The van der Waals surface area contributed by atoms with Gasteiger partial charge in [-0.25, -0.2) is 0 Å². The Hall–Kier alpha value is -0.680. The number of aromatic nitrogens is 2. The maximum atomic E-state index is 11.7. The third kappa shape index (κ3) is 3.43. The predicted molar refractivity (Wildman–Crippen MR) is 61.7 cm³/mol. The first-order valence-corrected chi connectivity index (χ1v) is 6.14. The normalized spacial score (nSPS) is 10.7. The molecule has 1 aromatic heterocycles. The summed E-state index contributed by atoms with van der Waals surface area (Å²) in [6.07, 6.45) is 0.774. The average molecular weight is 248 g/mol. The van der Waals surface area contributed by atoms with Crippen LogP contribution in [0.15, 0.2) is 0 Å². The monoisotopic (exact) mass is 247 g/mol. The Balaban J connectivity index is 2.61. The fraction of sp³-hybridized carbons (Fsp3) is 0.667. The van der Waals surface area contributed by atoms with Crippen molar-refractivity contribution in [2.75, 3.05) is 12.4 Å². The summed E-state index contributed by atoms with van der Waals surface area (Å²) >= 11 is 6.66. The molecule has 1 aromatic rings. The van der Waals surface area contributed by atoms with E-state index in [9.17, 15) is 4.79 Å². The fourth-order valence-corrected chi connectivity index (χ4v) is 1.95. The fourth-order valence-electron chi connectivity index (χ4n) is 1.08. The number of hydrogen-bond donors (Lipinski definition) is 1. The number of hydrogen-bond acceptors (Lipinski definition) is 4. The van der Waals surface area contributed by atoms with E-state index in [0.717, 1.165) is 23.6 Å². The maximum absolute atomic E-state index is 11.7. The molecule has 1 rings (SSSR count). The highest BCUT2D eigenvalue weighted by molar-refractivity contribution is 7.08. The van der Waals surface area contributed by atoms with Crippen LogP contribution < -0.4 is 5.32 Å². The van der Waals surface area contributed by atoms with E-state index in [1.54, 1.807) is 0 Å². The molecule has 1 amide bonds. The standard InChI is InChI=1S/C9H14ClN3OS/c1-6(2)7-8(15-13-12-7)9(14)11-5-3-4-10/h6H,3-5H2,1-2H3,(H,11,14). The van der Waals surface area contributed by atoms with Crippen LogP contribution >= 0.6 is 23.1 Å². The molecule has 15 heavy (non-hydrogen) atoms. The summed E-state index contributed by atoms with van der Waals surface area (Å²) in [4.78, 5) is 12.3. The van der Waals surface area contributed by atoms with Gasteiger partial charge in [0.2, 0.25) is 0 Å². The van der Waals surface area contributed by atoms with Crippen molar-refractivity contribution in [2.24, 2.45) is 0 Å². The van der Waals surface area contributed by atoms with Gasteiger partial charge in [-0.2, -0.15) is 0 Å². The zero-order chi connectivity index (χ0) is 11.3. The predicted octanol–water partition coefficient (Wildman–Crippen LogP) is 2.02. The summed E-state index contributed by atoms with van der Waals surface area (Å²) in [6, 6.07) is 0. The molecule has 0 bridgehead atoms. The summed E-state index contributed by atoms with van der Waals surface area (Å²) in [5.41, 5.74) is 0.767. The van der Waals surface area contributed by atoms with E-state index in [2.05, 4.69) is 14.9 Å². The van der Waals surface area contributed by atoms with E-state index in [-0.39, 0.29) is 11.8 Å². The van der Waals surface area contributed by atoms with Gasteiger partial charge < -0.3 is 5.32 Å². The molecule has 4 nitrogen and oxygen atoms in total. The summed E-state index contributed by atoms with van der Waals surface area (Å²) in [6.45, 7) is 4.58. The van der Waals surface area contributed by atoms with E-state index in [4.69, 9.17) is 11.6 Å². The Morgan fingerprint density at radius 2 is 2.33 bits per heavy atom. The lowest BCUT2D eigenvalue weighted by Crippen LogP contribution is -2.25. The molecule has 0 aliphatic rings. The Morgan fingerprint density at radius 3 is 2.93 bits per heavy atom. The third-order valence-corrected chi connectivity index (χ3v) is 2.87. The second-order valence-corrected chi connectivity index (χ2v) is 4.57. The van der Waals surface area contributed by atoms with E-state index in [1.807, 2.05) is 13.8 Å². The van der Waals surface area contributed by atoms with E-state index in [1.165, 1.54) is 0 Å². The van der Waals surface area contributed by atoms with Crippen LogP contribution in [0.3, 0.4) is 0 Å². The molecule has 84 valence electrons. The maximum Gasteiger partial charge on any atom is 0.264 e. The van der Waals surface area contributed by atoms with Gasteiger partial charge in [-0.1, -0.05) is 18.3 Å². The molecule has 0 unspecified atom stereocenters. The van der Waals surface area contributed by atoms with Gasteiger partial charge in [-0.05, 0) is 23.9 Å². The SMILES string of the molecule is CC(C)c1nnsc1C(=O)NCCCCl. The lowest BCUT2D eigenvalue weighted by molar-refractivity contribution is 0.0956. The Bertz CT molecular complexity index is 327. The van der Waals surface area contributed by atoms with Crippen molar-refractivity contribution in [2.45, 2.75) is 26.2 Å². The van der Waals surface area contributed by atoms with Gasteiger partial charge in [0.1, 0.15) is 4.88 Å². The first kappa shape index (κ1) is 12.4. The summed E-state index contributed by atoms with van der Waals surface area (Å²) in [5, 5.41) is 6.73. The number of alkyl halides is 1. The van der Waals surface area contributed by atoms with Gasteiger partial charge >= 0.3 is 0 Å². The van der Waals surface area contributed by atoms with Crippen molar-refractivity contribution in [3.8, 4) is 0 Å². The number of halogens is 1. The smallest absolute Gasteiger partial charge is 0.264 e. The van der Waals surface area contributed by atoms with Gasteiger partial charge in [0.15, 0.2) is 0 Å². The molecule has 0 aliphatic carbocycles. The molecule has 6 heteroatoms. The van der Waals surface area contributed by atoms with Gasteiger partial charge in [-0.15, -0.1) is 16.7 Å². The van der Waals surface area contributed by atoms with Crippen LogP contribution in [0, 0.1) is 0 Å². The zero-order valence-corrected chi connectivity index (χ0v) is 10.4. The summed E-state index contributed by atoms with van der Waals surface area (Å²) in [5.74, 6) is 0.675. The second kappa shape index (κ2) is 6.02. The molecule has 0 aliphatic heterocycles. The van der Waals surface area contributed by atoms with E-state index >= 15 is 0 Å². The van der Waals surface area contributed by atoms with Crippen LogP contribution in [0.1, 0.15) is 41.6 Å². The number of amides is 1. The van der Waals surface area contributed by atoms with Gasteiger partial charge in [-0.3, -0.25) is 4.79 Å². The van der Waals surface area contributed by atoms with Crippen LogP contribution in [0.4, 0.5) is 0 Å². The van der Waals surface area contributed by atoms with Crippen molar-refractivity contribution in [1.29, 1.82) is 0 Å². The molecular weight excluding hydrogens is 234 g/mol.